The second kappa shape index (κ2) is 7.62. The van der Waals surface area contributed by atoms with Crippen LogP contribution in [0.25, 0.3) is 11.1 Å². The maximum atomic E-state index is 12.5. The largest absolute Gasteiger partial charge is 0.289 e. The van der Waals surface area contributed by atoms with Gasteiger partial charge >= 0.3 is 0 Å². The van der Waals surface area contributed by atoms with Crippen LogP contribution in [0.1, 0.15) is 17.3 Å². The first-order valence-electron chi connectivity index (χ1n) is 7.04. The van der Waals surface area contributed by atoms with E-state index in [1.165, 1.54) is 0 Å². The first kappa shape index (κ1) is 16.1. The van der Waals surface area contributed by atoms with Crippen molar-refractivity contribution in [2.45, 2.75) is 6.92 Å². The Hall–Kier alpha value is -2.32. The molecule has 0 atom stereocenters. The Balaban J connectivity index is 2.23. The fourth-order valence-electron chi connectivity index (χ4n) is 2.10. The smallest absolute Gasteiger partial charge is 0.192 e. The molecule has 110 valence electrons. The molecular formula is C20H18OS. The number of carbonyl (C=O) groups is 1. The third-order valence-corrected chi connectivity index (χ3v) is 3.43. The van der Waals surface area contributed by atoms with Crippen molar-refractivity contribution in [2.75, 3.05) is 0 Å². The summed E-state index contributed by atoms with van der Waals surface area (Å²) in [5, 5.41) is 0. The molecule has 0 spiro atoms. The van der Waals surface area contributed by atoms with Gasteiger partial charge in [-0.25, -0.2) is 0 Å². The van der Waals surface area contributed by atoms with Crippen LogP contribution in [-0.4, -0.2) is 5.78 Å². The number of benzene rings is 2. The summed E-state index contributed by atoms with van der Waals surface area (Å²) in [5.74, 6) is -0.00653. The van der Waals surface area contributed by atoms with Crippen molar-refractivity contribution >= 4 is 18.4 Å². The van der Waals surface area contributed by atoms with Crippen molar-refractivity contribution in [3.05, 3.63) is 95.4 Å². The van der Waals surface area contributed by atoms with Crippen molar-refractivity contribution in [2.24, 2.45) is 0 Å². The number of carbonyl (C=O) groups excluding carboxylic acids is 1. The van der Waals surface area contributed by atoms with Gasteiger partial charge in [0.25, 0.3) is 0 Å². The molecule has 0 bridgehead atoms. The first-order chi connectivity index (χ1) is 10.6. The molecule has 0 saturated carbocycles. The molecule has 0 radical (unpaired) electrons. The van der Waals surface area contributed by atoms with Gasteiger partial charge in [0, 0.05) is 11.1 Å². The van der Waals surface area contributed by atoms with Crippen LogP contribution in [0, 0.1) is 0 Å². The highest BCUT2D eigenvalue weighted by atomic mass is 32.1. The van der Waals surface area contributed by atoms with E-state index in [0.717, 1.165) is 11.1 Å². The molecule has 0 heterocycles. The molecule has 2 aromatic carbocycles. The topological polar surface area (TPSA) is 17.1 Å². The van der Waals surface area contributed by atoms with Crippen molar-refractivity contribution in [1.29, 1.82) is 0 Å². The van der Waals surface area contributed by atoms with Gasteiger partial charge in [-0.3, -0.25) is 4.79 Å². The second-order valence-corrected chi connectivity index (χ2v) is 5.42. The quantitative estimate of drug-likeness (QED) is 0.335. The summed E-state index contributed by atoms with van der Waals surface area (Å²) in [6.45, 7) is 5.52. The van der Waals surface area contributed by atoms with Crippen LogP contribution in [0.5, 0.6) is 0 Å². The number of hydrogen-bond donors (Lipinski definition) is 1. The van der Waals surface area contributed by atoms with Crippen molar-refractivity contribution < 1.29 is 4.79 Å². The SMILES string of the molecule is C=C(S)/C=C\C(=C/C)C(=O)c1ccc(-c2ccccc2)cc1. The summed E-state index contributed by atoms with van der Waals surface area (Å²) in [6, 6.07) is 17.7. The Morgan fingerprint density at radius 1 is 0.955 bits per heavy atom. The second-order valence-electron chi connectivity index (χ2n) is 4.84. The Morgan fingerprint density at radius 2 is 1.55 bits per heavy atom. The minimum atomic E-state index is -0.00653. The monoisotopic (exact) mass is 306 g/mol. The highest BCUT2D eigenvalue weighted by molar-refractivity contribution is 7.84. The van der Waals surface area contributed by atoms with Gasteiger partial charge in [0.1, 0.15) is 0 Å². The summed E-state index contributed by atoms with van der Waals surface area (Å²) in [4.78, 5) is 13.1. The zero-order chi connectivity index (χ0) is 15.9. The fourth-order valence-corrected chi connectivity index (χ4v) is 2.17. The van der Waals surface area contributed by atoms with Crippen LogP contribution in [0.4, 0.5) is 0 Å². The van der Waals surface area contributed by atoms with Crippen molar-refractivity contribution in [3.63, 3.8) is 0 Å². The summed E-state index contributed by atoms with van der Waals surface area (Å²) in [7, 11) is 0. The molecule has 0 aliphatic rings. The summed E-state index contributed by atoms with van der Waals surface area (Å²) in [6.07, 6.45) is 5.25. The normalized spacial score (nSPS) is 11.6. The van der Waals surface area contributed by atoms with E-state index in [4.69, 9.17) is 0 Å². The molecule has 2 heteroatoms. The maximum absolute atomic E-state index is 12.5. The van der Waals surface area contributed by atoms with Crippen LogP contribution in [-0.2, 0) is 0 Å². The number of allylic oxidation sites excluding steroid dienone is 4. The molecule has 2 aromatic rings. The fraction of sp³-hybridized carbons (Fsp3) is 0.0500. The van der Waals surface area contributed by atoms with E-state index in [1.54, 1.807) is 18.2 Å². The Kier molecular flexibility index (Phi) is 5.56. The zero-order valence-electron chi connectivity index (χ0n) is 12.5. The van der Waals surface area contributed by atoms with Crippen LogP contribution < -0.4 is 0 Å². The molecule has 0 saturated heterocycles. The van der Waals surface area contributed by atoms with Crippen LogP contribution in [0.15, 0.2) is 89.9 Å². The number of thiol groups is 1. The Morgan fingerprint density at radius 3 is 2.09 bits per heavy atom. The van der Waals surface area contributed by atoms with Crippen LogP contribution >= 0.6 is 12.6 Å². The van der Waals surface area contributed by atoms with Gasteiger partial charge in [0.2, 0.25) is 0 Å². The molecule has 0 aromatic heterocycles. The van der Waals surface area contributed by atoms with Gasteiger partial charge in [-0.05, 0) is 29.0 Å². The summed E-state index contributed by atoms with van der Waals surface area (Å²) in [5.41, 5.74) is 3.53. The average molecular weight is 306 g/mol. The van der Waals surface area contributed by atoms with Crippen LogP contribution in [0.3, 0.4) is 0 Å². The lowest BCUT2D eigenvalue weighted by molar-refractivity contribution is 0.103. The maximum Gasteiger partial charge on any atom is 0.192 e. The van der Waals surface area contributed by atoms with E-state index in [-0.39, 0.29) is 5.78 Å². The molecular weight excluding hydrogens is 288 g/mol. The third kappa shape index (κ3) is 4.09. The summed E-state index contributed by atoms with van der Waals surface area (Å²) >= 11 is 4.10. The number of rotatable bonds is 5. The molecule has 0 N–H and O–H groups in total. The molecule has 2 rings (SSSR count). The van der Waals surface area contributed by atoms with Gasteiger partial charge in [-0.2, -0.15) is 0 Å². The van der Waals surface area contributed by atoms with Gasteiger partial charge in [0.05, 0.1) is 0 Å². The lowest BCUT2D eigenvalue weighted by Crippen LogP contribution is -2.01. The zero-order valence-corrected chi connectivity index (χ0v) is 13.4. The van der Waals surface area contributed by atoms with Gasteiger partial charge in [0.15, 0.2) is 5.78 Å². The minimum Gasteiger partial charge on any atom is -0.289 e. The molecule has 0 unspecified atom stereocenters. The molecule has 0 aliphatic heterocycles. The number of ketones is 1. The highest BCUT2D eigenvalue weighted by Crippen LogP contribution is 2.20. The van der Waals surface area contributed by atoms with Gasteiger partial charge in [-0.15, -0.1) is 12.6 Å². The molecule has 1 nitrogen and oxygen atoms in total. The Bertz CT molecular complexity index is 722. The van der Waals surface area contributed by atoms with E-state index in [0.29, 0.717) is 16.0 Å². The van der Waals surface area contributed by atoms with E-state index in [9.17, 15) is 4.79 Å². The minimum absolute atomic E-state index is 0.00653. The van der Waals surface area contributed by atoms with E-state index < -0.39 is 0 Å². The molecule has 0 fully saturated rings. The lowest BCUT2D eigenvalue weighted by atomic mass is 9.99. The van der Waals surface area contributed by atoms with Crippen LogP contribution in [0.2, 0.25) is 0 Å². The third-order valence-electron chi connectivity index (χ3n) is 3.28. The van der Waals surface area contributed by atoms with E-state index in [2.05, 4.69) is 31.3 Å². The van der Waals surface area contributed by atoms with E-state index in [1.807, 2.05) is 49.4 Å². The number of Topliss-reactive ketones (excluding diaryl/α,β-unsaturated/α-hetero) is 1. The Labute approximate surface area is 137 Å². The first-order valence-corrected chi connectivity index (χ1v) is 7.49. The molecule has 22 heavy (non-hydrogen) atoms. The summed E-state index contributed by atoms with van der Waals surface area (Å²) < 4.78 is 0. The van der Waals surface area contributed by atoms with Gasteiger partial charge in [-0.1, -0.05) is 73.3 Å². The standard InChI is InChI=1S/C20H18OS/c1-3-16(10-9-15(2)22)20(21)19-13-11-18(12-14-19)17-7-5-4-6-8-17/h3-14,22H,2H2,1H3/b10-9-,16-3+. The highest BCUT2D eigenvalue weighted by Gasteiger charge is 2.09. The predicted octanol–water partition coefficient (Wildman–Crippen LogP) is 5.48. The van der Waals surface area contributed by atoms with Crippen molar-refractivity contribution in [1.82, 2.24) is 0 Å². The van der Waals surface area contributed by atoms with Gasteiger partial charge < -0.3 is 0 Å². The lowest BCUT2D eigenvalue weighted by Gasteiger charge is -2.05. The molecule has 0 amide bonds. The average Bonchev–Trinajstić information content (AvgIpc) is 2.56. The van der Waals surface area contributed by atoms with Crippen molar-refractivity contribution in [3.8, 4) is 11.1 Å². The molecule has 0 aliphatic carbocycles. The predicted molar refractivity (Wildman–Crippen MR) is 97.2 cm³/mol. The number of hydrogen-bond acceptors (Lipinski definition) is 2. The van der Waals surface area contributed by atoms with E-state index >= 15 is 0 Å².